The van der Waals surface area contributed by atoms with Gasteiger partial charge in [0.25, 0.3) is 5.91 Å². The number of rotatable bonds is 9. The quantitative estimate of drug-likeness (QED) is 0.689. The van der Waals surface area contributed by atoms with Crippen LogP contribution in [0.5, 0.6) is 5.75 Å². The standard InChI is InChI=1S/C20H26N2O4S/c1-15(2)13-21-20(23)16(3)26-18-9-11-19(12-10-18)27(24,25)22-14-17-7-5-4-6-8-17/h4-12,15-16,22H,13-14H2,1-3H3,(H,21,23)/t16-/m0/s1. The van der Waals surface area contributed by atoms with Crippen LogP contribution in [0.1, 0.15) is 26.3 Å². The van der Waals surface area contributed by atoms with Gasteiger partial charge in [0.05, 0.1) is 4.90 Å². The van der Waals surface area contributed by atoms with E-state index in [4.69, 9.17) is 4.74 Å². The summed E-state index contributed by atoms with van der Waals surface area (Å²) in [6.07, 6.45) is -0.664. The molecule has 0 aliphatic carbocycles. The Balaban J connectivity index is 1.94. The highest BCUT2D eigenvalue weighted by molar-refractivity contribution is 7.89. The van der Waals surface area contributed by atoms with E-state index < -0.39 is 16.1 Å². The van der Waals surface area contributed by atoms with Gasteiger partial charge in [-0.15, -0.1) is 0 Å². The van der Waals surface area contributed by atoms with Gasteiger partial charge in [0.2, 0.25) is 10.0 Å². The third-order valence-corrected chi connectivity index (χ3v) is 5.23. The number of carbonyl (C=O) groups excluding carboxylic acids is 1. The Morgan fingerprint density at radius 2 is 1.63 bits per heavy atom. The zero-order valence-corrected chi connectivity index (χ0v) is 16.6. The summed E-state index contributed by atoms with van der Waals surface area (Å²) in [6.45, 7) is 6.47. The molecule has 1 amide bonds. The Morgan fingerprint density at radius 3 is 2.22 bits per heavy atom. The van der Waals surface area contributed by atoms with Gasteiger partial charge in [-0.2, -0.15) is 0 Å². The summed E-state index contributed by atoms with van der Waals surface area (Å²) in [4.78, 5) is 12.1. The van der Waals surface area contributed by atoms with Crippen LogP contribution >= 0.6 is 0 Å². The summed E-state index contributed by atoms with van der Waals surface area (Å²) in [5, 5.41) is 2.80. The van der Waals surface area contributed by atoms with E-state index in [1.54, 1.807) is 19.1 Å². The minimum Gasteiger partial charge on any atom is -0.481 e. The average molecular weight is 391 g/mol. The molecule has 2 aromatic rings. The lowest BCUT2D eigenvalue weighted by molar-refractivity contribution is -0.127. The Kier molecular flexibility index (Phi) is 7.38. The zero-order valence-electron chi connectivity index (χ0n) is 15.8. The molecule has 0 fully saturated rings. The molecule has 0 saturated heterocycles. The molecule has 2 aromatic carbocycles. The number of sulfonamides is 1. The second-order valence-electron chi connectivity index (χ2n) is 6.68. The van der Waals surface area contributed by atoms with Crippen molar-refractivity contribution in [3.8, 4) is 5.75 Å². The van der Waals surface area contributed by atoms with Crippen molar-refractivity contribution in [2.45, 2.75) is 38.3 Å². The molecular weight excluding hydrogens is 364 g/mol. The van der Waals surface area contributed by atoms with E-state index in [1.807, 2.05) is 44.2 Å². The fourth-order valence-electron chi connectivity index (χ4n) is 2.26. The van der Waals surface area contributed by atoms with E-state index in [2.05, 4.69) is 10.0 Å². The first-order chi connectivity index (χ1) is 12.8. The van der Waals surface area contributed by atoms with Crippen molar-refractivity contribution in [3.63, 3.8) is 0 Å². The number of carbonyl (C=O) groups is 1. The van der Waals surface area contributed by atoms with E-state index in [1.165, 1.54) is 12.1 Å². The lowest BCUT2D eigenvalue weighted by Gasteiger charge is -2.16. The highest BCUT2D eigenvalue weighted by Gasteiger charge is 2.17. The minimum absolute atomic E-state index is 0.141. The summed E-state index contributed by atoms with van der Waals surface area (Å²) >= 11 is 0. The Bertz CT molecular complexity index is 834. The Hall–Kier alpha value is -2.38. The number of hydrogen-bond donors (Lipinski definition) is 2. The molecule has 0 spiro atoms. The van der Waals surface area contributed by atoms with Crippen LogP contribution in [-0.4, -0.2) is 27.0 Å². The van der Waals surface area contributed by atoms with E-state index in [-0.39, 0.29) is 17.3 Å². The van der Waals surface area contributed by atoms with E-state index in [0.29, 0.717) is 18.2 Å². The Labute approximate surface area is 161 Å². The van der Waals surface area contributed by atoms with E-state index in [9.17, 15) is 13.2 Å². The third kappa shape index (κ3) is 6.69. The molecule has 0 aromatic heterocycles. The highest BCUT2D eigenvalue weighted by Crippen LogP contribution is 2.17. The molecule has 27 heavy (non-hydrogen) atoms. The minimum atomic E-state index is -3.62. The largest absolute Gasteiger partial charge is 0.481 e. The average Bonchev–Trinajstić information content (AvgIpc) is 2.65. The maximum absolute atomic E-state index is 12.4. The normalized spacial score (nSPS) is 12.6. The summed E-state index contributed by atoms with van der Waals surface area (Å²) in [5.74, 6) is 0.586. The van der Waals surface area contributed by atoms with Crippen LogP contribution in [0.15, 0.2) is 59.5 Å². The van der Waals surface area contributed by atoms with Gasteiger partial charge in [0.1, 0.15) is 5.75 Å². The fourth-order valence-corrected chi connectivity index (χ4v) is 3.28. The van der Waals surface area contributed by atoms with Crippen molar-refractivity contribution in [2.75, 3.05) is 6.54 Å². The second kappa shape index (κ2) is 9.53. The molecule has 2 N–H and O–H groups in total. The molecule has 0 unspecified atom stereocenters. The lowest BCUT2D eigenvalue weighted by Crippen LogP contribution is -2.38. The number of hydrogen-bond acceptors (Lipinski definition) is 4. The van der Waals surface area contributed by atoms with Gasteiger partial charge in [-0.05, 0) is 42.7 Å². The highest BCUT2D eigenvalue weighted by atomic mass is 32.2. The van der Waals surface area contributed by atoms with Gasteiger partial charge in [0.15, 0.2) is 6.10 Å². The van der Waals surface area contributed by atoms with Gasteiger partial charge in [-0.3, -0.25) is 4.79 Å². The van der Waals surface area contributed by atoms with Crippen LogP contribution in [0.25, 0.3) is 0 Å². The molecule has 0 heterocycles. The van der Waals surface area contributed by atoms with Gasteiger partial charge in [-0.25, -0.2) is 13.1 Å². The van der Waals surface area contributed by atoms with Crippen molar-refractivity contribution in [3.05, 3.63) is 60.2 Å². The molecule has 0 aliphatic rings. The first-order valence-electron chi connectivity index (χ1n) is 8.86. The van der Waals surface area contributed by atoms with Crippen LogP contribution < -0.4 is 14.8 Å². The van der Waals surface area contributed by atoms with Gasteiger partial charge in [-0.1, -0.05) is 44.2 Å². The molecular formula is C20H26N2O4S. The molecule has 2 rings (SSSR count). The predicted molar refractivity (Wildman–Crippen MR) is 105 cm³/mol. The lowest BCUT2D eigenvalue weighted by atomic mass is 10.2. The fraction of sp³-hybridized carbons (Fsp3) is 0.350. The number of ether oxygens (including phenoxy) is 1. The van der Waals surface area contributed by atoms with Crippen molar-refractivity contribution in [2.24, 2.45) is 5.92 Å². The van der Waals surface area contributed by atoms with Crippen molar-refractivity contribution >= 4 is 15.9 Å². The smallest absolute Gasteiger partial charge is 0.260 e. The maximum Gasteiger partial charge on any atom is 0.260 e. The van der Waals surface area contributed by atoms with Crippen LogP contribution in [0.3, 0.4) is 0 Å². The van der Waals surface area contributed by atoms with E-state index in [0.717, 1.165) is 5.56 Å². The van der Waals surface area contributed by atoms with Crippen LogP contribution in [0, 0.1) is 5.92 Å². The SMILES string of the molecule is CC(C)CNC(=O)[C@H](C)Oc1ccc(S(=O)(=O)NCc2ccccc2)cc1. The molecule has 0 radical (unpaired) electrons. The molecule has 0 bridgehead atoms. The zero-order chi connectivity index (χ0) is 19.9. The number of nitrogens with one attached hydrogen (secondary N) is 2. The number of benzene rings is 2. The van der Waals surface area contributed by atoms with Crippen molar-refractivity contribution in [1.29, 1.82) is 0 Å². The van der Waals surface area contributed by atoms with Gasteiger partial charge < -0.3 is 10.1 Å². The van der Waals surface area contributed by atoms with Crippen molar-refractivity contribution in [1.82, 2.24) is 10.0 Å². The van der Waals surface area contributed by atoms with E-state index >= 15 is 0 Å². The van der Waals surface area contributed by atoms with Crippen LogP contribution in [-0.2, 0) is 21.4 Å². The first-order valence-corrected chi connectivity index (χ1v) is 10.3. The first kappa shape index (κ1) is 20.9. The van der Waals surface area contributed by atoms with Gasteiger partial charge >= 0.3 is 0 Å². The predicted octanol–water partition coefficient (Wildman–Crippen LogP) is 2.70. The second-order valence-corrected chi connectivity index (χ2v) is 8.45. The van der Waals surface area contributed by atoms with Crippen LogP contribution in [0.4, 0.5) is 0 Å². The monoisotopic (exact) mass is 390 g/mol. The van der Waals surface area contributed by atoms with Gasteiger partial charge in [0, 0.05) is 13.1 Å². The molecule has 1 atom stereocenters. The Morgan fingerprint density at radius 1 is 1.00 bits per heavy atom. The molecule has 0 aliphatic heterocycles. The molecule has 146 valence electrons. The topological polar surface area (TPSA) is 84.5 Å². The molecule has 6 nitrogen and oxygen atoms in total. The maximum atomic E-state index is 12.4. The summed E-state index contributed by atoms with van der Waals surface area (Å²) in [5.41, 5.74) is 0.877. The third-order valence-electron chi connectivity index (χ3n) is 3.81. The number of amides is 1. The van der Waals surface area contributed by atoms with Crippen molar-refractivity contribution < 1.29 is 17.9 Å². The summed E-state index contributed by atoms with van der Waals surface area (Å²) in [7, 11) is -3.62. The van der Waals surface area contributed by atoms with Crippen LogP contribution in [0.2, 0.25) is 0 Å². The summed E-state index contributed by atoms with van der Waals surface area (Å²) in [6, 6.07) is 15.3. The summed E-state index contributed by atoms with van der Waals surface area (Å²) < 4.78 is 32.9. The molecule has 7 heteroatoms. The molecule has 0 saturated carbocycles.